The summed E-state index contributed by atoms with van der Waals surface area (Å²) in [5, 5.41) is 0. The largest absolute Gasteiger partial charge is 0.285 e. The van der Waals surface area contributed by atoms with Crippen molar-refractivity contribution in [1.29, 1.82) is 0 Å². The lowest BCUT2D eigenvalue weighted by molar-refractivity contribution is -0.511. The van der Waals surface area contributed by atoms with Crippen molar-refractivity contribution in [2.24, 2.45) is 4.99 Å². The maximum Gasteiger partial charge on any atom is 0.199 e. The summed E-state index contributed by atoms with van der Waals surface area (Å²) in [7, 11) is 1.95. The fraction of sp³-hybridized carbons (Fsp3) is 0.750. The minimum Gasteiger partial charge on any atom is -0.285 e. The number of hydrogen-bond acceptors (Lipinski definition) is 2. The Morgan fingerprint density at radius 1 is 1.55 bits per heavy atom. The molecule has 0 aromatic carbocycles. The highest BCUT2D eigenvalue weighted by Crippen LogP contribution is 1.90. The first-order chi connectivity index (χ1) is 5.20. The summed E-state index contributed by atoms with van der Waals surface area (Å²) in [6.45, 7) is 12.0. The van der Waals surface area contributed by atoms with Gasteiger partial charge < -0.3 is 0 Å². The Bertz CT molecular complexity index is 131. The molecule has 0 heterocycles. The molecule has 0 radical (unpaired) electrons. The summed E-state index contributed by atoms with van der Waals surface area (Å²) < 4.78 is 1.89. The van der Waals surface area contributed by atoms with E-state index in [0.29, 0.717) is 6.67 Å². The van der Waals surface area contributed by atoms with Gasteiger partial charge in [-0.05, 0) is 13.1 Å². The Hall–Kier alpha value is -0.700. The molecule has 3 heteroatoms. The molecule has 0 unspecified atom stereocenters. The zero-order valence-electron chi connectivity index (χ0n) is 7.58. The van der Waals surface area contributed by atoms with Gasteiger partial charge in [-0.1, -0.05) is 6.92 Å². The van der Waals surface area contributed by atoms with Gasteiger partial charge in [0.05, 0.1) is 6.67 Å². The molecule has 0 saturated carbocycles. The van der Waals surface area contributed by atoms with E-state index in [1.807, 2.05) is 11.6 Å². The Labute approximate surface area is 69.1 Å². The van der Waals surface area contributed by atoms with Crippen molar-refractivity contribution >= 4 is 13.4 Å². The molecule has 0 bridgehead atoms. The van der Waals surface area contributed by atoms with Crippen molar-refractivity contribution < 1.29 is 4.58 Å². The van der Waals surface area contributed by atoms with Gasteiger partial charge in [-0.25, -0.2) is 9.48 Å². The topological polar surface area (TPSA) is 18.6 Å². The van der Waals surface area contributed by atoms with E-state index < -0.39 is 0 Å². The van der Waals surface area contributed by atoms with Crippen LogP contribution < -0.4 is 0 Å². The van der Waals surface area contributed by atoms with E-state index >= 15 is 0 Å². The molecule has 0 aliphatic rings. The van der Waals surface area contributed by atoms with Gasteiger partial charge in [0.2, 0.25) is 0 Å². The van der Waals surface area contributed by atoms with E-state index in [1.165, 1.54) is 0 Å². The molecule has 11 heavy (non-hydrogen) atoms. The van der Waals surface area contributed by atoms with Crippen molar-refractivity contribution in [3.63, 3.8) is 0 Å². The molecule has 0 fully saturated rings. The van der Waals surface area contributed by atoms with Crippen molar-refractivity contribution in [2.75, 3.05) is 26.9 Å². The number of rotatable bonds is 6. The maximum atomic E-state index is 3.83. The molecule has 0 N–H and O–H groups in total. The summed E-state index contributed by atoms with van der Waals surface area (Å²) >= 11 is 0. The molecule has 64 valence electrons. The van der Waals surface area contributed by atoms with Crippen LogP contribution in [0.25, 0.3) is 0 Å². The Kier molecular flexibility index (Phi) is 5.65. The second kappa shape index (κ2) is 6.04. The molecular weight excluding hydrogens is 138 g/mol. The lowest BCUT2D eigenvalue weighted by Gasteiger charge is -2.14. The standard InChI is InChI=1S/C8H18N3/c1-5-6-11(7-9-2)8-10(3)4/h2-3,5-8H2,1,4H3/q+1. The lowest BCUT2D eigenvalue weighted by Crippen LogP contribution is -2.31. The molecular formula is C8H18N3+. The Morgan fingerprint density at radius 3 is 2.55 bits per heavy atom. The summed E-state index contributed by atoms with van der Waals surface area (Å²) in [5.74, 6) is 0. The smallest absolute Gasteiger partial charge is 0.199 e. The normalized spacial score (nSPS) is 10.1. The van der Waals surface area contributed by atoms with Gasteiger partial charge in [-0.2, -0.15) is 0 Å². The van der Waals surface area contributed by atoms with Crippen LogP contribution in [0.5, 0.6) is 0 Å². The van der Waals surface area contributed by atoms with E-state index in [-0.39, 0.29) is 0 Å². The zero-order chi connectivity index (χ0) is 8.69. The quantitative estimate of drug-likeness (QED) is 0.314. The molecule has 0 spiro atoms. The summed E-state index contributed by atoms with van der Waals surface area (Å²) in [6, 6.07) is 0. The molecule has 0 aromatic heterocycles. The minimum atomic E-state index is 0.702. The van der Waals surface area contributed by atoms with Crippen molar-refractivity contribution in [3.8, 4) is 0 Å². The average Bonchev–Trinajstić information content (AvgIpc) is 1.87. The summed E-state index contributed by atoms with van der Waals surface area (Å²) in [6.07, 6.45) is 1.14. The second-order valence-electron chi connectivity index (χ2n) is 2.76. The highest BCUT2D eigenvalue weighted by atomic mass is 15.3. The summed E-state index contributed by atoms with van der Waals surface area (Å²) in [5.41, 5.74) is 0. The van der Waals surface area contributed by atoms with E-state index in [1.54, 1.807) is 0 Å². The molecule has 0 aliphatic carbocycles. The van der Waals surface area contributed by atoms with Crippen LogP contribution in [0.4, 0.5) is 0 Å². The first-order valence-corrected chi connectivity index (χ1v) is 3.87. The predicted molar refractivity (Wildman–Crippen MR) is 49.6 cm³/mol. The maximum absolute atomic E-state index is 3.83. The van der Waals surface area contributed by atoms with Gasteiger partial charge in [0.25, 0.3) is 0 Å². The molecule has 0 aromatic rings. The van der Waals surface area contributed by atoms with Crippen LogP contribution in [0.2, 0.25) is 0 Å². The van der Waals surface area contributed by atoms with Crippen LogP contribution in [0.15, 0.2) is 4.99 Å². The van der Waals surface area contributed by atoms with Crippen LogP contribution in [0.1, 0.15) is 13.3 Å². The van der Waals surface area contributed by atoms with Gasteiger partial charge in [0.15, 0.2) is 6.67 Å². The number of aliphatic imine (C=N–C) groups is 1. The Morgan fingerprint density at radius 2 is 2.18 bits per heavy atom. The van der Waals surface area contributed by atoms with Gasteiger partial charge in [-0.3, -0.25) is 4.99 Å². The van der Waals surface area contributed by atoms with Crippen LogP contribution in [0.3, 0.4) is 0 Å². The lowest BCUT2D eigenvalue weighted by atomic mass is 10.4. The monoisotopic (exact) mass is 156 g/mol. The van der Waals surface area contributed by atoms with E-state index in [2.05, 4.69) is 30.3 Å². The van der Waals surface area contributed by atoms with Gasteiger partial charge in [0.1, 0.15) is 13.8 Å². The number of hydrogen-bond donors (Lipinski definition) is 0. The van der Waals surface area contributed by atoms with E-state index in [4.69, 9.17) is 0 Å². The van der Waals surface area contributed by atoms with Crippen molar-refractivity contribution in [1.82, 2.24) is 4.90 Å². The molecule has 3 nitrogen and oxygen atoms in total. The van der Waals surface area contributed by atoms with Gasteiger partial charge >= 0.3 is 0 Å². The highest BCUT2D eigenvalue weighted by Gasteiger charge is 2.04. The second-order valence-corrected chi connectivity index (χ2v) is 2.76. The van der Waals surface area contributed by atoms with Crippen molar-refractivity contribution in [3.05, 3.63) is 0 Å². The number of nitrogens with zero attached hydrogens (tertiary/aromatic N) is 3. The van der Waals surface area contributed by atoms with Crippen LogP contribution in [0, 0.1) is 0 Å². The van der Waals surface area contributed by atoms with Crippen LogP contribution in [-0.2, 0) is 0 Å². The predicted octanol–water partition coefficient (Wildman–Crippen LogP) is 0.657. The fourth-order valence-electron chi connectivity index (χ4n) is 0.985. The average molecular weight is 156 g/mol. The first-order valence-electron chi connectivity index (χ1n) is 3.87. The van der Waals surface area contributed by atoms with E-state index in [9.17, 15) is 0 Å². The van der Waals surface area contributed by atoms with E-state index in [0.717, 1.165) is 19.6 Å². The third kappa shape index (κ3) is 5.73. The molecule has 0 amide bonds. The minimum absolute atomic E-state index is 0.702. The highest BCUT2D eigenvalue weighted by molar-refractivity contribution is 5.22. The summed E-state index contributed by atoms with van der Waals surface area (Å²) in [4.78, 5) is 6.02. The third-order valence-electron chi connectivity index (χ3n) is 1.28. The fourth-order valence-corrected chi connectivity index (χ4v) is 0.985. The third-order valence-corrected chi connectivity index (χ3v) is 1.28. The van der Waals surface area contributed by atoms with Crippen LogP contribution >= 0.6 is 0 Å². The SMILES string of the molecule is C=NCN(CCC)C[N+](=C)C. The molecule has 0 aliphatic heterocycles. The van der Waals surface area contributed by atoms with Gasteiger partial charge in [0, 0.05) is 6.54 Å². The van der Waals surface area contributed by atoms with Gasteiger partial charge in [-0.15, -0.1) is 0 Å². The Balaban J connectivity index is 3.67. The van der Waals surface area contributed by atoms with Crippen LogP contribution in [-0.4, -0.2) is 49.8 Å². The molecule has 0 atom stereocenters. The van der Waals surface area contributed by atoms with Crippen molar-refractivity contribution in [2.45, 2.75) is 13.3 Å². The first kappa shape index (κ1) is 10.3. The molecule has 0 rings (SSSR count). The zero-order valence-corrected chi connectivity index (χ0v) is 7.58. The molecule has 0 saturated heterocycles.